The lowest BCUT2D eigenvalue weighted by Gasteiger charge is -2.47. The molecule has 5 nitrogen and oxygen atoms in total. The predicted molar refractivity (Wildman–Crippen MR) is 103 cm³/mol. The molecule has 2 N–H and O–H groups in total. The molecular formula is C21H28N4O. The molecule has 0 aromatic heterocycles. The summed E-state index contributed by atoms with van der Waals surface area (Å²) < 4.78 is 0. The molecular weight excluding hydrogens is 324 g/mol. The number of para-hydroxylation sites is 2. The van der Waals surface area contributed by atoms with Crippen LogP contribution in [0.15, 0.2) is 35.7 Å². The van der Waals surface area contributed by atoms with Crippen molar-refractivity contribution in [1.82, 2.24) is 10.4 Å². The maximum Gasteiger partial charge on any atom is 0.233 e. The highest BCUT2D eigenvalue weighted by molar-refractivity contribution is 6.01. The second-order valence-corrected chi connectivity index (χ2v) is 8.47. The first-order valence-electron chi connectivity index (χ1n) is 10.0. The molecule has 1 aromatic carbocycles. The van der Waals surface area contributed by atoms with E-state index in [0.29, 0.717) is 12.5 Å². The SMILES string of the molecule is CN1NCCC2=C1Nc1ccccc1N(C(=O)C13CCC(CC1)CC3)C2. The number of rotatable bonds is 1. The summed E-state index contributed by atoms with van der Waals surface area (Å²) in [6, 6.07) is 8.27. The van der Waals surface area contributed by atoms with Gasteiger partial charge in [-0.05, 0) is 68.6 Å². The third-order valence-corrected chi connectivity index (χ3v) is 7.04. The van der Waals surface area contributed by atoms with Crippen LogP contribution in [0, 0.1) is 11.3 Å². The van der Waals surface area contributed by atoms with Crippen LogP contribution in [0.25, 0.3) is 0 Å². The number of hydrogen-bond acceptors (Lipinski definition) is 4. The summed E-state index contributed by atoms with van der Waals surface area (Å²) in [5.74, 6) is 2.33. The highest BCUT2D eigenvalue weighted by atomic mass is 16.2. The van der Waals surface area contributed by atoms with Gasteiger partial charge in [0.25, 0.3) is 0 Å². The Balaban J connectivity index is 1.56. The molecule has 0 atom stereocenters. The number of carbonyl (C=O) groups excluding carboxylic acids is 1. The molecule has 6 rings (SSSR count). The zero-order chi connectivity index (χ0) is 17.7. The Kier molecular flexibility index (Phi) is 3.74. The van der Waals surface area contributed by atoms with Gasteiger partial charge in [-0.3, -0.25) is 9.80 Å². The number of fused-ring (bicyclic) bond motifs is 4. The lowest BCUT2D eigenvalue weighted by molar-refractivity contribution is -0.134. The van der Waals surface area contributed by atoms with Crippen molar-refractivity contribution in [2.24, 2.45) is 11.3 Å². The fraction of sp³-hybridized carbons (Fsp3) is 0.571. The summed E-state index contributed by atoms with van der Waals surface area (Å²) in [6.45, 7) is 1.62. The largest absolute Gasteiger partial charge is 0.339 e. The van der Waals surface area contributed by atoms with Crippen LogP contribution >= 0.6 is 0 Å². The van der Waals surface area contributed by atoms with Crippen LogP contribution in [0.2, 0.25) is 0 Å². The molecule has 5 heteroatoms. The third kappa shape index (κ3) is 2.44. The van der Waals surface area contributed by atoms with Crippen molar-refractivity contribution in [2.45, 2.75) is 44.9 Å². The Bertz CT molecular complexity index is 749. The standard InChI is InChI=1S/C21H28N4O/c1-24-19-16(9-13-22-24)14-25(18-5-3-2-4-17(18)23-19)20(26)21-10-6-15(7-11-21)8-12-21/h2-5,15,22-23H,6-14H2,1H3. The van der Waals surface area contributed by atoms with E-state index in [1.54, 1.807) is 0 Å². The Hall–Kier alpha value is -2.01. The molecule has 3 saturated carbocycles. The molecule has 0 unspecified atom stereocenters. The zero-order valence-electron chi connectivity index (χ0n) is 15.6. The van der Waals surface area contributed by atoms with Gasteiger partial charge in [0, 0.05) is 19.0 Å². The Morgan fingerprint density at radius 2 is 1.88 bits per heavy atom. The number of carbonyl (C=O) groups is 1. The van der Waals surface area contributed by atoms with Gasteiger partial charge in [0.1, 0.15) is 5.82 Å². The zero-order valence-corrected chi connectivity index (χ0v) is 15.6. The first-order chi connectivity index (χ1) is 12.7. The third-order valence-electron chi connectivity index (χ3n) is 7.04. The van der Waals surface area contributed by atoms with Crippen molar-refractivity contribution in [3.8, 4) is 0 Å². The number of benzene rings is 1. The highest BCUT2D eigenvalue weighted by Crippen LogP contribution is 2.52. The molecule has 1 aromatic rings. The average molecular weight is 352 g/mol. The van der Waals surface area contributed by atoms with Crippen LogP contribution in [0.3, 0.4) is 0 Å². The summed E-state index contributed by atoms with van der Waals surface area (Å²) in [6.07, 6.45) is 7.92. The van der Waals surface area contributed by atoms with Crippen molar-refractivity contribution < 1.29 is 4.79 Å². The molecule has 1 amide bonds. The molecule has 5 aliphatic rings. The summed E-state index contributed by atoms with van der Waals surface area (Å²) in [7, 11) is 2.04. The monoisotopic (exact) mass is 352 g/mol. The van der Waals surface area contributed by atoms with Crippen LogP contribution in [0.4, 0.5) is 11.4 Å². The van der Waals surface area contributed by atoms with Gasteiger partial charge < -0.3 is 10.2 Å². The van der Waals surface area contributed by atoms with E-state index in [1.165, 1.54) is 24.8 Å². The van der Waals surface area contributed by atoms with E-state index in [4.69, 9.17) is 0 Å². The van der Waals surface area contributed by atoms with Crippen molar-refractivity contribution in [3.63, 3.8) is 0 Å². The van der Waals surface area contributed by atoms with E-state index in [-0.39, 0.29) is 5.41 Å². The first kappa shape index (κ1) is 16.2. The smallest absolute Gasteiger partial charge is 0.233 e. The number of hydrazine groups is 1. The average Bonchev–Trinajstić information content (AvgIpc) is 2.87. The molecule has 0 radical (unpaired) electrons. The summed E-state index contributed by atoms with van der Waals surface area (Å²) >= 11 is 0. The van der Waals surface area contributed by atoms with E-state index in [1.807, 2.05) is 19.2 Å². The molecule has 3 aliphatic carbocycles. The van der Waals surface area contributed by atoms with Crippen molar-refractivity contribution >= 4 is 17.3 Å². The van der Waals surface area contributed by atoms with Crippen molar-refractivity contribution in [2.75, 3.05) is 30.4 Å². The van der Waals surface area contributed by atoms with Gasteiger partial charge in [-0.1, -0.05) is 12.1 Å². The van der Waals surface area contributed by atoms with Crippen LogP contribution in [-0.4, -0.2) is 31.1 Å². The predicted octanol–water partition coefficient (Wildman–Crippen LogP) is 3.47. The van der Waals surface area contributed by atoms with Crippen LogP contribution < -0.4 is 15.6 Å². The minimum atomic E-state index is -0.119. The topological polar surface area (TPSA) is 47.6 Å². The van der Waals surface area contributed by atoms with Gasteiger partial charge in [-0.2, -0.15) is 0 Å². The molecule has 138 valence electrons. The van der Waals surface area contributed by atoms with Gasteiger partial charge in [-0.25, -0.2) is 5.43 Å². The molecule has 2 bridgehead atoms. The quantitative estimate of drug-likeness (QED) is 0.812. The number of nitrogens with zero attached hydrogens (tertiary/aromatic N) is 2. The lowest BCUT2D eigenvalue weighted by atomic mass is 9.60. The van der Waals surface area contributed by atoms with E-state index in [0.717, 1.165) is 55.3 Å². The first-order valence-corrected chi connectivity index (χ1v) is 10.0. The lowest BCUT2D eigenvalue weighted by Crippen LogP contribution is -2.50. The molecule has 2 aliphatic heterocycles. The van der Waals surface area contributed by atoms with Gasteiger partial charge in [-0.15, -0.1) is 0 Å². The summed E-state index contributed by atoms with van der Waals surface area (Å²) in [5, 5.41) is 5.65. The van der Waals surface area contributed by atoms with E-state index in [9.17, 15) is 4.79 Å². The Morgan fingerprint density at radius 1 is 1.15 bits per heavy atom. The van der Waals surface area contributed by atoms with Crippen LogP contribution in [-0.2, 0) is 4.79 Å². The molecule has 3 fully saturated rings. The number of hydrogen-bond donors (Lipinski definition) is 2. The van der Waals surface area contributed by atoms with Gasteiger partial charge in [0.2, 0.25) is 5.91 Å². The summed E-state index contributed by atoms with van der Waals surface area (Å²) in [4.78, 5) is 15.9. The van der Waals surface area contributed by atoms with Crippen molar-refractivity contribution in [3.05, 3.63) is 35.7 Å². The second-order valence-electron chi connectivity index (χ2n) is 8.47. The fourth-order valence-electron chi connectivity index (χ4n) is 5.39. The number of nitrogens with one attached hydrogen (secondary N) is 2. The molecule has 26 heavy (non-hydrogen) atoms. The van der Waals surface area contributed by atoms with Crippen molar-refractivity contribution in [1.29, 1.82) is 0 Å². The molecule has 2 heterocycles. The molecule has 0 spiro atoms. The minimum Gasteiger partial charge on any atom is -0.339 e. The van der Waals surface area contributed by atoms with Crippen LogP contribution in [0.5, 0.6) is 0 Å². The normalized spacial score (nSPS) is 30.4. The van der Waals surface area contributed by atoms with Gasteiger partial charge in [0.05, 0.1) is 17.9 Å². The summed E-state index contributed by atoms with van der Waals surface area (Å²) in [5.41, 5.74) is 6.64. The van der Waals surface area contributed by atoms with Crippen LogP contribution in [0.1, 0.15) is 44.9 Å². The van der Waals surface area contributed by atoms with Gasteiger partial charge >= 0.3 is 0 Å². The Morgan fingerprint density at radius 3 is 2.65 bits per heavy atom. The van der Waals surface area contributed by atoms with E-state index >= 15 is 0 Å². The van der Waals surface area contributed by atoms with E-state index < -0.39 is 0 Å². The number of amides is 1. The van der Waals surface area contributed by atoms with Gasteiger partial charge in [0.15, 0.2) is 0 Å². The minimum absolute atomic E-state index is 0.119. The highest BCUT2D eigenvalue weighted by Gasteiger charge is 2.48. The second kappa shape index (κ2) is 6.02. The van der Waals surface area contributed by atoms with E-state index in [2.05, 4.69) is 32.8 Å². The maximum absolute atomic E-state index is 13.8. The fourth-order valence-corrected chi connectivity index (χ4v) is 5.39. The maximum atomic E-state index is 13.8. The number of anilines is 2. The Labute approximate surface area is 155 Å². The molecule has 0 saturated heterocycles.